The van der Waals surface area contributed by atoms with Gasteiger partial charge >= 0.3 is 0 Å². The predicted octanol–water partition coefficient (Wildman–Crippen LogP) is 1.66. The Morgan fingerprint density at radius 2 is 2.47 bits per heavy atom. The number of aromatic nitrogens is 2. The fourth-order valence-corrected chi connectivity index (χ4v) is 1.72. The third-order valence-electron chi connectivity index (χ3n) is 2.60. The highest BCUT2D eigenvalue weighted by atomic mass is 35.5. The van der Waals surface area contributed by atoms with E-state index >= 15 is 0 Å². The van der Waals surface area contributed by atoms with Crippen molar-refractivity contribution < 1.29 is 4.79 Å². The molecule has 0 aliphatic heterocycles. The molecule has 1 aliphatic rings. The smallest absolute Gasteiger partial charge is 0.271 e. The van der Waals surface area contributed by atoms with Crippen LogP contribution in [0.3, 0.4) is 0 Å². The molecule has 1 amide bonds. The van der Waals surface area contributed by atoms with E-state index in [0.717, 1.165) is 12.8 Å². The number of amides is 1. The normalized spacial score (nSPS) is 23.6. The second-order valence-corrected chi connectivity index (χ2v) is 4.10. The molecule has 4 nitrogen and oxygen atoms in total. The maximum Gasteiger partial charge on any atom is 0.271 e. The van der Waals surface area contributed by atoms with Gasteiger partial charge in [0.1, 0.15) is 10.8 Å². The van der Waals surface area contributed by atoms with Gasteiger partial charge in [0, 0.05) is 6.04 Å². The van der Waals surface area contributed by atoms with Gasteiger partial charge in [-0.15, -0.1) is 0 Å². The van der Waals surface area contributed by atoms with Crippen molar-refractivity contribution in [3.8, 4) is 0 Å². The summed E-state index contributed by atoms with van der Waals surface area (Å²) in [4.78, 5) is 19.3. The highest BCUT2D eigenvalue weighted by molar-refractivity contribution is 6.29. The highest BCUT2D eigenvalue weighted by Crippen LogP contribution is 2.33. The van der Waals surface area contributed by atoms with Crippen LogP contribution in [-0.2, 0) is 0 Å². The van der Waals surface area contributed by atoms with Crippen molar-refractivity contribution in [3.63, 3.8) is 0 Å². The molecule has 5 heteroatoms. The monoisotopic (exact) mass is 225 g/mol. The molecule has 0 radical (unpaired) electrons. The summed E-state index contributed by atoms with van der Waals surface area (Å²) in [6, 6.07) is 0.309. The molecule has 1 aliphatic carbocycles. The number of carbonyl (C=O) groups excluding carboxylic acids is 1. The molecule has 15 heavy (non-hydrogen) atoms. The number of hydrogen-bond donors (Lipinski definition) is 1. The molecule has 2 atom stereocenters. The Bertz CT molecular complexity index is 383. The van der Waals surface area contributed by atoms with E-state index in [1.165, 1.54) is 12.4 Å². The minimum absolute atomic E-state index is 0.189. The molecule has 1 aromatic rings. The fraction of sp³-hybridized carbons (Fsp3) is 0.500. The zero-order valence-corrected chi connectivity index (χ0v) is 9.16. The van der Waals surface area contributed by atoms with E-state index in [2.05, 4.69) is 22.2 Å². The van der Waals surface area contributed by atoms with Gasteiger partial charge in [0.25, 0.3) is 5.91 Å². The lowest BCUT2D eigenvalue weighted by molar-refractivity contribution is 0.0943. The van der Waals surface area contributed by atoms with Crippen molar-refractivity contribution in [1.82, 2.24) is 15.3 Å². The molecule has 1 aromatic heterocycles. The van der Waals surface area contributed by atoms with Crippen LogP contribution >= 0.6 is 11.6 Å². The lowest BCUT2D eigenvalue weighted by Crippen LogP contribution is -2.27. The zero-order valence-electron chi connectivity index (χ0n) is 8.40. The summed E-state index contributed by atoms with van der Waals surface area (Å²) >= 11 is 5.64. The van der Waals surface area contributed by atoms with Crippen molar-refractivity contribution in [3.05, 3.63) is 23.2 Å². The number of rotatable bonds is 3. The van der Waals surface area contributed by atoms with Gasteiger partial charge in [-0.1, -0.05) is 24.9 Å². The molecule has 2 unspecified atom stereocenters. The minimum Gasteiger partial charge on any atom is -0.348 e. The van der Waals surface area contributed by atoms with E-state index in [0.29, 0.717) is 12.0 Å². The van der Waals surface area contributed by atoms with E-state index < -0.39 is 0 Å². The Kier molecular flexibility index (Phi) is 2.86. The molecular weight excluding hydrogens is 214 g/mol. The Balaban J connectivity index is 1.97. The first kappa shape index (κ1) is 10.4. The van der Waals surface area contributed by atoms with Crippen LogP contribution in [-0.4, -0.2) is 21.9 Å². The summed E-state index contributed by atoms with van der Waals surface area (Å²) in [5.41, 5.74) is 0.282. The van der Waals surface area contributed by atoms with Crippen LogP contribution in [0.1, 0.15) is 30.3 Å². The zero-order chi connectivity index (χ0) is 10.8. The molecule has 0 saturated heterocycles. The van der Waals surface area contributed by atoms with Gasteiger partial charge in [-0.25, -0.2) is 4.98 Å². The number of nitrogens with zero attached hydrogens (tertiary/aromatic N) is 2. The van der Waals surface area contributed by atoms with Crippen LogP contribution in [0.2, 0.25) is 5.15 Å². The summed E-state index contributed by atoms with van der Waals surface area (Å²) in [6.45, 7) is 2.12. The van der Waals surface area contributed by atoms with Crippen LogP contribution in [0.15, 0.2) is 12.4 Å². The largest absolute Gasteiger partial charge is 0.348 e. The van der Waals surface area contributed by atoms with Crippen LogP contribution in [0.25, 0.3) is 0 Å². The van der Waals surface area contributed by atoms with Gasteiger partial charge in [-0.2, -0.15) is 0 Å². The highest BCUT2D eigenvalue weighted by Gasteiger charge is 2.36. The average molecular weight is 226 g/mol. The Labute approximate surface area is 93.1 Å². The molecule has 0 aromatic carbocycles. The first-order valence-electron chi connectivity index (χ1n) is 4.99. The van der Waals surface area contributed by atoms with E-state index in [9.17, 15) is 4.79 Å². The summed E-state index contributed by atoms with van der Waals surface area (Å²) < 4.78 is 0. The summed E-state index contributed by atoms with van der Waals surface area (Å²) in [5, 5.41) is 3.14. The molecular formula is C10H12ClN3O. The SMILES string of the molecule is CCC1CC1NC(=O)c1cncc(Cl)n1. The first-order chi connectivity index (χ1) is 7.20. The second kappa shape index (κ2) is 4.14. The van der Waals surface area contributed by atoms with Gasteiger partial charge in [-0.3, -0.25) is 9.78 Å². The lowest BCUT2D eigenvalue weighted by Gasteiger charge is -2.02. The third kappa shape index (κ3) is 2.45. The fourth-order valence-electron chi connectivity index (χ4n) is 1.57. The topological polar surface area (TPSA) is 54.9 Å². The Morgan fingerprint density at radius 1 is 1.67 bits per heavy atom. The van der Waals surface area contributed by atoms with Gasteiger partial charge in [-0.05, 0) is 12.3 Å². The van der Waals surface area contributed by atoms with Gasteiger partial charge < -0.3 is 5.32 Å². The van der Waals surface area contributed by atoms with Crippen molar-refractivity contribution in [2.45, 2.75) is 25.8 Å². The molecule has 0 bridgehead atoms. The molecule has 80 valence electrons. The van der Waals surface area contributed by atoms with Crippen LogP contribution < -0.4 is 5.32 Å². The minimum atomic E-state index is -0.189. The third-order valence-corrected chi connectivity index (χ3v) is 2.78. The maximum atomic E-state index is 11.6. The number of nitrogens with one attached hydrogen (secondary N) is 1. The quantitative estimate of drug-likeness (QED) is 0.851. The van der Waals surface area contributed by atoms with Crippen LogP contribution in [0.5, 0.6) is 0 Å². The summed E-state index contributed by atoms with van der Waals surface area (Å²) in [7, 11) is 0. The van der Waals surface area contributed by atoms with Gasteiger partial charge in [0.2, 0.25) is 0 Å². The van der Waals surface area contributed by atoms with E-state index in [4.69, 9.17) is 11.6 Å². The van der Waals surface area contributed by atoms with Crippen molar-refractivity contribution in [2.75, 3.05) is 0 Å². The van der Waals surface area contributed by atoms with E-state index in [1.54, 1.807) is 0 Å². The Morgan fingerprint density at radius 3 is 3.07 bits per heavy atom. The van der Waals surface area contributed by atoms with E-state index in [-0.39, 0.29) is 16.8 Å². The van der Waals surface area contributed by atoms with Crippen LogP contribution in [0, 0.1) is 5.92 Å². The van der Waals surface area contributed by atoms with Crippen molar-refractivity contribution in [2.24, 2.45) is 5.92 Å². The molecule has 1 saturated carbocycles. The number of hydrogen-bond acceptors (Lipinski definition) is 3. The standard InChI is InChI=1S/C10H12ClN3O/c1-2-6-3-7(6)14-10(15)8-4-12-5-9(11)13-8/h4-7H,2-3H2,1H3,(H,14,15). The molecule has 1 N–H and O–H groups in total. The van der Waals surface area contributed by atoms with Crippen LogP contribution in [0.4, 0.5) is 0 Å². The average Bonchev–Trinajstić information content (AvgIpc) is 2.96. The van der Waals surface area contributed by atoms with Crippen molar-refractivity contribution >= 4 is 17.5 Å². The van der Waals surface area contributed by atoms with Gasteiger partial charge in [0.05, 0.1) is 12.4 Å². The molecule has 1 heterocycles. The molecule has 1 fully saturated rings. The Hall–Kier alpha value is -1.16. The molecule has 0 spiro atoms. The number of carbonyl (C=O) groups is 1. The second-order valence-electron chi connectivity index (χ2n) is 3.71. The number of halogens is 1. The predicted molar refractivity (Wildman–Crippen MR) is 56.7 cm³/mol. The van der Waals surface area contributed by atoms with Gasteiger partial charge in [0.15, 0.2) is 0 Å². The molecule has 2 rings (SSSR count). The lowest BCUT2D eigenvalue weighted by atomic mass is 10.3. The summed E-state index contributed by atoms with van der Waals surface area (Å²) in [6.07, 6.45) is 5.00. The summed E-state index contributed by atoms with van der Waals surface area (Å²) in [5.74, 6) is 0.437. The maximum absolute atomic E-state index is 11.6. The van der Waals surface area contributed by atoms with Crippen molar-refractivity contribution in [1.29, 1.82) is 0 Å². The first-order valence-corrected chi connectivity index (χ1v) is 5.37. The van der Waals surface area contributed by atoms with E-state index in [1.807, 2.05) is 0 Å².